The maximum absolute atomic E-state index is 14.7. The Kier molecular flexibility index (Phi) is 6.24. The molecule has 0 radical (unpaired) electrons. The Labute approximate surface area is 201 Å². The summed E-state index contributed by atoms with van der Waals surface area (Å²) in [6.45, 7) is 1.77. The fraction of sp³-hybridized carbons (Fsp3) is 0.231. The van der Waals surface area contributed by atoms with E-state index in [0.29, 0.717) is 54.8 Å². The van der Waals surface area contributed by atoms with Crippen molar-refractivity contribution in [2.75, 3.05) is 45.8 Å². The number of methoxy groups -OCH3 is 1. The van der Waals surface area contributed by atoms with Gasteiger partial charge in [-0.3, -0.25) is 9.78 Å². The van der Waals surface area contributed by atoms with Gasteiger partial charge in [0, 0.05) is 43.5 Å². The van der Waals surface area contributed by atoms with Gasteiger partial charge in [0.2, 0.25) is 0 Å². The minimum Gasteiger partial charge on any atom is -0.494 e. The van der Waals surface area contributed by atoms with E-state index >= 15 is 0 Å². The van der Waals surface area contributed by atoms with Crippen LogP contribution in [0.3, 0.4) is 0 Å². The Hall–Kier alpha value is -4.11. The number of hydrogen-bond acceptors (Lipinski definition) is 7. The van der Waals surface area contributed by atoms with Gasteiger partial charge < -0.3 is 19.7 Å². The monoisotopic (exact) mass is 473 g/mol. The van der Waals surface area contributed by atoms with Crippen molar-refractivity contribution < 1.29 is 18.7 Å². The quantitative estimate of drug-likeness (QED) is 0.468. The number of fused-ring (bicyclic) bond motifs is 1. The number of amides is 1. The highest BCUT2D eigenvalue weighted by atomic mass is 19.1. The zero-order valence-electron chi connectivity index (χ0n) is 19.4. The summed E-state index contributed by atoms with van der Waals surface area (Å²) in [4.78, 5) is 28.2. The van der Waals surface area contributed by atoms with Gasteiger partial charge in [0.15, 0.2) is 5.82 Å². The summed E-state index contributed by atoms with van der Waals surface area (Å²) in [6.07, 6.45) is 3.39. The molecule has 178 valence electrons. The molecule has 0 spiro atoms. The van der Waals surface area contributed by atoms with Gasteiger partial charge in [-0.05, 0) is 47.5 Å². The van der Waals surface area contributed by atoms with Crippen LogP contribution >= 0.6 is 0 Å². The molecule has 1 amide bonds. The number of ether oxygens (including phenoxy) is 2. The molecule has 2 aromatic heterocycles. The van der Waals surface area contributed by atoms with Crippen LogP contribution < -0.4 is 10.1 Å². The largest absolute Gasteiger partial charge is 0.494 e. The van der Waals surface area contributed by atoms with Gasteiger partial charge in [-0.25, -0.2) is 14.4 Å². The summed E-state index contributed by atoms with van der Waals surface area (Å²) in [7, 11) is 3.35. The molecule has 0 bridgehead atoms. The molecule has 1 saturated heterocycles. The molecule has 0 saturated carbocycles. The van der Waals surface area contributed by atoms with Gasteiger partial charge in [0.1, 0.15) is 22.9 Å². The normalized spacial score (nSPS) is 13.6. The Balaban J connectivity index is 1.62. The number of morpholine rings is 1. The van der Waals surface area contributed by atoms with E-state index in [1.165, 1.54) is 6.07 Å². The number of aromatic nitrogens is 3. The summed E-state index contributed by atoms with van der Waals surface area (Å²) in [5.74, 6) is 0.757. The van der Waals surface area contributed by atoms with Crippen molar-refractivity contribution in [3.8, 4) is 28.3 Å². The van der Waals surface area contributed by atoms with E-state index in [9.17, 15) is 9.18 Å². The van der Waals surface area contributed by atoms with Gasteiger partial charge in [-0.2, -0.15) is 0 Å². The third-order valence-electron chi connectivity index (χ3n) is 5.97. The summed E-state index contributed by atoms with van der Waals surface area (Å²) in [5, 5.41) is 3.87. The van der Waals surface area contributed by atoms with E-state index in [2.05, 4.69) is 15.3 Å². The lowest BCUT2D eigenvalue weighted by atomic mass is 9.99. The lowest BCUT2D eigenvalue weighted by molar-refractivity contribution is 0.0300. The molecule has 1 N–H and O–H groups in total. The Morgan fingerprint density at radius 2 is 1.91 bits per heavy atom. The fourth-order valence-electron chi connectivity index (χ4n) is 4.14. The van der Waals surface area contributed by atoms with Crippen molar-refractivity contribution in [1.82, 2.24) is 19.9 Å². The second kappa shape index (κ2) is 9.63. The van der Waals surface area contributed by atoms with Gasteiger partial charge in [0.25, 0.3) is 5.91 Å². The van der Waals surface area contributed by atoms with Gasteiger partial charge in [-0.1, -0.05) is 6.07 Å². The van der Waals surface area contributed by atoms with E-state index < -0.39 is 5.82 Å². The van der Waals surface area contributed by atoms with E-state index in [-0.39, 0.29) is 11.5 Å². The molecule has 8 nitrogen and oxygen atoms in total. The first kappa shape index (κ1) is 22.7. The first-order chi connectivity index (χ1) is 17.1. The van der Waals surface area contributed by atoms with Crippen LogP contribution in [0.5, 0.6) is 5.75 Å². The molecule has 1 aliphatic rings. The average Bonchev–Trinajstić information content (AvgIpc) is 2.92. The van der Waals surface area contributed by atoms with Crippen LogP contribution in [-0.4, -0.2) is 66.2 Å². The Morgan fingerprint density at radius 1 is 1.09 bits per heavy atom. The molecule has 9 heteroatoms. The highest BCUT2D eigenvalue weighted by molar-refractivity contribution is 5.99. The fourth-order valence-corrected chi connectivity index (χ4v) is 4.14. The first-order valence-corrected chi connectivity index (χ1v) is 11.2. The molecule has 5 rings (SSSR count). The lowest BCUT2D eigenvalue weighted by Gasteiger charge is -2.27. The molecular formula is C26H24FN5O3. The highest BCUT2D eigenvalue weighted by Crippen LogP contribution is 2.36. The molecule has 0 aliphatic carbocycles. The predicted octanol–water partition coefficient (Wildman–Crippen LogP) is 4.02. The molecule has 0 atom stereocenters. The number of hydrogen-bond donors (Lipinski definition) is 1. The average molecular weight is 474 g/mol. The smallest absolute Gasteiger partial charge is 0.257 e. The van der Waals surface area contributed by atoms with Gasteiger partial charge >= 0.3 is 0 Å². The Morgan fingerprint density at radius 3 is 2.63 bits per heavy atom. The first-order valence-electron chi connectivity index (χ1n) is 11.2. The van der Waals surface area contributed by atoms with Crippen LogP contribution in [0.1, 0.15) is 10.4 Å². The standard InChI is InChI=1S/C26H24FN5O3/c1-28-25-20-13-18(14-22(34-2)23(20)30-24(31-25)17-4-3-7-29-15-17)16-5-6-21(27)19(12-16)26(33)32-8-10-35-11-9-32/h3-7,12-15H,8-11H2,1-2H3,(H,28,30,31). The summed E-state index contributed by atoms with van der Waals surface area (Å²) >= 11 is 0. The number of anilines is 1. The van der Waals surface area contributed by atoms with Crippen LogP contribution in [0.15, 0.2) is 54.9 Å². The van der Waals surface area contributed by atoms with E-state index in [1.54, 1.807) is 43.6 Å². The summed E-state index contributed by atoms with van der Waals surface area (Å²) < 4.78 is 25.7. The van der Waals surface area contributed by atoms with Crippen molar-refractivity contribution in [2.24, 2.45) is 0 Å². The molecule has 4 aromatic rings. The second-order valence-electron chi connectivity index (χ2n) is 8.06. The number of nitrogens with zero attached hydrogens (tertiary/aromatic N) is 4. The zero-order valence-corrected chi connectivity index (χ0v) is 19.4. The van der Waals surface area contributed by atoms with Crippen molar-refractivity contribution in [2.45, 2.75) is 0 Å². The van der Waals surface area contributed by atoms with Crippen LogP contribution in [0.4, 0.5) is 10.2 Å². The number of nitrogens with one attached hydrogen (secondary N) is 1. The number of pyridine rings is 1. The zero-order chi connectivity index (χ0) is 24.4. The minimum atomic E-state index is -0.557. The van der Waals surface area contributed by atoms with Crippen molar-refractivity contribution >= 4 is 22.6 Å². The van der Waals surface area contributed by atoms with Crippen LogP contribution in [0.25, 0.3) is 33.4 Å². The topological polar surface area (TPSA) is 89.5 Å². The molecule has 1 fully saturated rings. The summed E-state index contributed by atoms with van der Waals surface area (Å²) in [6, 6.07) is 12.0. The Bertz CT molecular complexity index is 1390. The molecule has 0 unspecified atom stereocenters. The van der Waals surface area contributed by atoms with Gasteiger partial charge in [0.05, 0.1) is 25.9 Å². The van der Waals surface area contributed by atoms with E-state index in [4.69, 9.17) is 14.5 Å². The number of carbonyl (C=O) groups excluding carboxylic acids is 1. The van der Waals surface area contributed by atoms with E-state index in [1.807, 2.05) is 24.3 Å². The highest BCUT2D eigenvalue weighted by Gasteiger charge is 2.22. The minimum absolute atomic E-state index is 0.0282. The molecule has 35 heavy (non-hydrogen) atoms. The third kappa shape index (κ3) is 4.38. The molecular weight excluding hydrogens is 449 g/mol. The maximum atomic E-state index is 14.7. The van der Waals surface area contributed by atoms with Crippen molar-refractivity contribution in [1.29, 1.82) is 0 Å². The van der Waals surface area contributed by atoms with Crippen LogP contribution in [-0.2, 0) is 4.74 Å². The van der Waals surface area contributed by atoms with Crippen molar-refractivity contribution in [3.05, 3.63) is 66.2 Å². The van der Waals surface area contributed by atoms with E-state index in [0.717, 1.165) is 16.5 Å². The maximum Gasteiger partial charge on any atom is 0.257 e. The third-order valence-corrected chi connectivity index (χ3v) is 5.97. The number of rotatable bonds is 5. The van der Waals surface area contributed by atoms with Crippen LogP contribution in [0, 0.1) is 5.82 Å². The second-order valence-corrected chi connectivity index (χ2v) is 8.06. The van der Waals surface area contributed by atoms with Crippen LogP contribution in [0.2, 0.25) is 0 Å². The van der Waals surface area contributed by atoms with Crippen molar-refractivity contribution in [3.63, 3.8) is 0 Å². The SMILES string of the molecule is CNc1nc(-c2cccnc2)nc2c(OC)cc(-c3ccc(F)c(C(=O)N4CCOCC4)c3)cc12. The number of carbonyl (C=O) groups is 1. The number of benzene rings is 2. The van der Waals surface area contributed by atoms with Gasteiger partial charge in [-0.15, -0.1) is 0 Å². The lowest BCUT2D eigenvalue weighted by Crippen LogP contribution is -2.41. The molecule has 1 aliphatic heterocycles. The predicted molar refractivity (Wildman–Crippen MR) is 131 cm³/mol. The summed E-state index contributed by atoms with van der Waals surface area (Å²) in [5.41, 5.74) is 2.87. The number of halogens is 1. The molecule has 2 aromatic carbocycles. The molecule has 3 heterocycles.